The Hall–Kier alpha value is -4.45. The van der Waals surface area contributed by atoms with Crippen molar-refractivity contribution in [3.63, 3.8) is 0 Å². The minimum atomic E-state index is -0.154. The molecule has 0 N–H and O–H groups in total. The SMILES string of the molecule is CCCCCCOc1ccc(-c2nn(-c3ccccc3)cc2/C=C2\C(=O)N(c3ccccc3)N=C2C)cc1. The highest BCUT2D eigenvalue weighted by Gasteiger charge is 2.29. The molecule has 0 aliphatic carbocycles. The third-order valence-electron chi connectivity index (χ3n) is 6.52. The van der Waals surface area contributed by atoms with Crippen molar-refractivity contribution in [3.8, 4) is 22.7 Å². The molecule has 5 rings (SSSR count). The van der Waals surface area contributed by atoms with Crippen LogP contribution in [0.5, 0.6) is 5.75 Å². The number of carbonyl (C=O) groups is 1. The fourth-order valence-corrected chi connectivity index (χ4v) is 4.44. The minimum absolute atomic E-state index is 0.154. The number of unbranched alkanes of at least 4 members (excludes halogenated alkanes) is 3. The lowest BCUT2D eigenvalue weighted by molar-refractivity contribution is -0.114. The summed E-state index contributed by atoms with van der Waals surface area (Å²) in [6.45, 7) is 4.79. The van der Waals surface area contributed by atoms with Gasteiger partial charge < -0.3 is 4.74 Å². The summed E-state index contributed by atoms with van der Waals surface area (Å²) in [6, 6.07) is 27.4. The van der Waals surface area contributed by atoms with Crippen molar-refractivity contribution in [2.45, 2.75) is 39.5 Å². The Kier molecular flexibility index (Phi) is 7.78. The first kappa shape index (κ1) is 25.2. The molecule has 0 bridgehead atoms. The van der Waals surface area contributed by atoms with Gasteiger partial charge in [-0.1, -0.05) is 62.6 Å². The maximum atomic E-state index is 13.4. The van der Waals surface area contributed by atoms with Gasteiger partial charge >= 0.3 is 0 Å². The Bertz CT molecular complexity index is 1440. The van der Waals surface area contributed by atoms with Gasteiger partial charge in [-0.05, 0) is 68.0 Å². The molecular weight excluding hydrogens is 472 g/mol. The zero-order valence-corrected chi connectivity index (χ0v) is 21.9. The summed E-state index contributed by atoms with van der Waals surface area (Å²) in [7, 11) is 0. The molecule has 0 spiro atoms. The zero-order valence-electron chi connectivity index (χ0n) is 21.9. The van der Waals surface area contributed by atoms with Crippen LogP contribution in [0, 0.1) is 0 Å². The lowest BCUT2D eigenvalue weighted by Gasteiger charge is -2.11. The van der Waals surface area contributed by atoms with Crippen LogP contribution in [0.3, 0.4) is 0 Å². The quantitative estimate of drug-likeness (QED) is 0.168. The second-order valence-corrected chi connectivity index (χ2v) is 9.34. The van der Waals surface area contributed by atoms with Crippen LogP contribution in [0.15, 0.2) is 102 Å². The molecule has 38 heavy (non-hydrogen) atoms. The summed E-state index contributed by atoms with van der Waals surface area (Å²) < 4.78 is 7.78. The highest BCUT2D eigenvalue weighted by molar-refractivity contribution is 6.32. The molecule has 6 heteroatoms. The molecule has 0 saturated heterocycles. The van der Waals surface area contributed by atoms with E-state index >= 15 is 0 Å². The van der Waals surface area contributed by atoms with Gasteiger partial charge in [-0.15, -0.1) is 0 Å². The van der Waals surface area contributed by atoms with Crippen LogP contribution in [0.25, 0.3) is 23.0 Å². The van der Waals surface area contributed by atoms with Crippen LogP contribution in [-0.2, 0) is 4.79 Å². The first-order valence-electron chi connectivity index (χ1n) is 13.2. The van der Waals surface area contributed by atoms with E-state index in [1.807, 2.05) is 109 Å². The number of rotatable bonds is 10. The van der Waals surface area contributed by atoms with Gasteiger partial charge in [-0.25, -0.2) is 4.68 Å². The number of aromatic nitrogens is 2. The van der Waals surface area contributed by atoms with E-state index in [9.17, 15) is 4.79 Å². The molecular formula is C32H32N4O2. The van der Waals surface area contributed by atoms with E-state index in [2.05, 4.69) is 12.0 Å². The predicted molar refractivity (Wildman–Crippen MR) is 154 cm³/mol. The van der Waals surface area contributed by atoms with E-state index in [1.165, 1.54) is 24.3 Å². The van der Waals surface area contributed by atoms with Gasteiger partial charge in [0.05, 0.1) is 35.0 Å². The third kappa shape index (κ3) is 5.59. The van der Waals surface area contributed by atoms with Crippen molar-refractivity contribution in [1.82, 2.24) is 9.78 Å². The largest absolute Gasteiger partial charge is 0.494 e. The number of amides is 1. The molecule has 4 aromatic rings. The van der Waals surface area contributed by atoms with Gasteiger partial charge in [0.25, 0.3) is 5.91 Å². The van der Waals surface area contributed by atoms with Gasteiger partial charge in [0.1, 0.15) is 5.75 Å². The summed E-state index contributed by atoms with van der Waals surface area (Å²) in [5.74, 6) is 0.694. The normalized spacial score (nSPS) is 14.3. The lowest BCUT2D eigenvalue weighted by atomic mass is 10.0. The molecule has 0 radical (unpaired) electrons. The third-order valence-corrected chi connectivity index (χ3v) is 6.52. The van der Waals surface area contributed by atoms with Crippen molar-refractivity contribution < 1.29 is 9.53 Å². The number of ether oxygens (including phenoxy) is 1. The number of hydrogen-bond donors (Lipinski definition) is 0. The number of hydrazone groups is 1. The second-order valence-electron chi connectivity index (χ2n) is 9.34. The molecule has 2 heterocycles. The van der Waals surface area contributed by atoms with E-state index in [0.717, 1.165) is 47.0 Å². The fourth-order valence-electron chi connectivity index (χ4n) is 4.44. The first-order chi connectivity index (χ1) is 18.6. The predicted octanol–water partition coefficient (Wildman–Crippen LogP) is 7.30. The molecule has 1 aliphatic rings. The molecule has 0 atom stereocenters. The fraction of sp³-hybridized carbons (Fsp3) is 0.219. The van der Waals surface area contributed by atoms with Crippen molar-refractivity contribution in [2.75, 3.05) is 11.6 Å². The summed E-state index contributed by atoms with van der Waals surface area (Å²) >= 11 is 0. The summed E-state index contributed by atoms with van der Waals surface area (Å²) in [5.41, 5.74) is 5.48. The number of nitrogens with zero attached hydrogens (tertiary/aromatic N) is 4. The maximum absolute atomic E-state index is 13.4. The number of anilines is 1. The van der Waals surface area contributed by atoms with Crippen LogP contribution >= 0.6 is 0 Å². The van der Waals surface area contributed by atoms with E-state index < -0.39 is 0 Å². The lowest BCUT2D eigenvalue weighted by Crippen LogP contribution is -2.21. The van der Waals surface area contributed by atoms with Crippen LogP contribution in [0.1, 0.15) is 45.1 Å². The minimum Gasteiger partial charge on any atom is -0.494 e. The average molecular weight is 505 g/mol. The van der Waals surface area contributed by atoms with Crippen LogP contribution in [0.4, 0.5) is 5.69 Å². The topological polar surface area (TPSA) is 59.7 Å². The standard InChI is InChI=1S/C32H32N4O2/c1-3-4-5-12-21-38-29-19-17-25(18-20-29)31-26(23-35(34-31)27-13-8-6-9-14-27)22-30-24(2)33-36(32(30)37)28-15-10-7-11-16-28/h6-11,13-20,22-23H,3-5,12,21H2,1-2H3/b30-22-. The molecule has 1 aliphatic heterocycles. The highest BCUT2D eigenvalue weighted by atomic mass is 16.5. The van der Waals surface area contributed by atoms with E-state index in [-0.39, 0.29) is 5.91 Å². The molecule has 0 unspecified atom stereocenters. The van der Waals surface area contributed by atoms with Gasteiger partial charge in [-0.2, -0.15) is 15.2 Å². The van der Waals surface area contributed by atoms with Crippen molar-refractivity contribution >= 4 is 23.4 Å². The highest BCUT2D eigenvalue weighted by Crippen LogP contribution is 2.30. The number of benzene rings is 3. The van der Waals surface area contributed by atoms with Crippen molar-refractivity contribution in [2.24, 2.45) is 5.10 Å². The Morgan fingerprint density at radius 3 is 2.21 bits per heavy atom. The first-order valence-corrected chi connectivity index (χ1v) is 13.2. The van der Waals surface area contributed by atoms with Gasteiger partial charge in [-0.3, -0.25) is 4.79 Å². The smallest absolute Gasteiger partial charge is 0.280 e. The van der Waals surface area contributed by atoms with E-state index in [0.29, 0.717) is 11.3 Å². The maximum Gasteiger partial charge on any atom is 0.280 e. The Morgan fingerprint density at radius 1 is 0.842 bits per heavy atom. The van der Waals surface area contributed by atoms with Crippen molar-refractivity contribution in [1.29, 1.82) is 0 Å². The number of carbonyl (C=O) groups excluding carboxylic acids is 1. The molecule has 0 fully saturated rings. The van der Waals surface area contributed by atoms with Gasteiger partial charge in [0.15, 0.2) is 0 Å². The zero-order chi connectivity index (χ0) is 26.3. The summed E-state index contributed by atoms with van der Waals surface area (Å²) in [6.07, 6.45) is 8.55. The van der Waals surface area contributed by atoms with Crippen molar-refractivity contribution in [3.05, 3.63) is 102 Å². The number of para-hydroxylation sites is 2. The van der Waals surface area contributed by atoms with Crippen LogP contribution in [0.2, 0.25) is 0 Å². The summed E-state index contributed by atoms with van der Waals surface area (Å²) in [5, 5.41) is 10.9. The monoisotopic (exact) mass is 504 g/mol. The molecule has 0 saturated carbocycles. The molecule has 192 valence electrons. The molecule has 1 amide bonds. The number of hydrogen-bond acceptors (Lipinski definition) is 4. The van der Waals surface area contributed by atoms with Gasteiger partial charge in [0.2, 0.25) is 0 Å². The Balaban J connectivity index is 1.45. The van der Waals surface area contributed by atoms with Crippen LogP contribution < -0.4 is 9.75 Å². The molecule has 3 aromatic carbocycles. The second kappa shape index (κ2) is 11.7. The summed E-state index contributed by atoms with van der Waals surface area (Å²) in [4.78, 5) is 13.4. The molecule has 1 aromatic heterocycles. The molecule has 6 nitrogen and oxygen atoms in total. The Morgan fingerprint density at radius 2 is 1.53 bits per heavy atom. The van der Waals surface area contributed by atoms with E-state index in [1.54, 1.807) is 0 Å². The average Bonchev–Trinajstić information content (AvgIpc) is 3.51. The Labute approximate surface area is 223 Å². The van der Waals surface area contributed by atoms with Crippen LogP contribution in [-0.4, -0.2) is 28.0 Å². The van der Waals surface area contributed by atoms with Gasteiger partial charge in [0, 0.05) is 17.3 Å². The van der Waals surface area contributed by atoms with E-state index in [4.69, 9.17) is 9.84 Å².